The molecule has 0 aliphatic carbocycles. The van der Waals surface area contributed by atoms with Crippen LogP contribution in [0.25, 0.3) is 16.9 Å². The predicted molar refractivity (Wildman–Crippen MR) is 107 cm³/mol. The van der Waals surface area contributed by atoms with Crippen LogP contribution in [0.5, 0.6) is 5.75 Å². The molecule has 13 heteroatoms. The molecule has 9 nitrogen and oxygen atoms in total. The maximum Gasteiger partial charge on any atom is 0.422 e. The topological polar surface area (TPSA) is 105 Å². The Morgan fingerprint density at radius 1 is 1.20 bits per heavy atom. The Balaban J connectivity index is 1.89. The first-order valence-electron chi connectivity index (χ1n) is 9.25. The number of hydrogen-bond acceptors (Lipinski definition) is 7. The summed E-state index contributed by atoms with van der Waals surface area (Å²) in [4.78, 5) is 8.19. The molecule has 0 saturated heterocycles. The van der Waals surface area contributed by atoms with E-state index in [4.69, 9.17) is 15.2 Å². The maximum atomic E-state index is 12.8. The van der Waals surface area contributed by atoms with E-state index in [0.29, 0.717) is 17.9 Å². The van der Waals surface area contributed by atoms with Gasteiger partial charge in [-0.25, -0.2) is 9.67 Å². The van der Waals surface area contributed by atoms with Gasteiger partial charge in [0.1, 0.15) is 18.8 Å². The second-order valence-corrected chi connectivity index (χ2v) is 13.7. The summed E-state index contributed by atoms with van der Waals surface area (Å²) in [7, 11) is -1.21. The van der Waals surface area contributed by atoms with Crippen molar-refractivity contribution < 1.29 is 22.6 Å². The van der Waals surface area contributed by atoms with Gasteiger partial charge >= 0.3 is 6.18 Å². The van der Waals surface area contributed by atoms with Gasteiger partial charge in [0.25, 0.3) is 0 Å². The third kappa shape index (κ3) is 5.47. The molecule has 30 heavy (non-hydrogen) atoms. The van der Waals surface area contributed by atoms with E-state index in [1.165, 1.54) is 10.8 Å². The lowest BCUT2D eigenvalue weighted by atomic mass is 10.1. The van der Waals surface area contributed by atoms with Crippen molar-refractivity contribution in [1.82, 2.24) is 29.4 Å². The molecule has 0 saturated carbocycles. The largest absolute Gasteiger partial charge is 0.478 e. The lowest BCUT2D eigenvalue weighted by Gasteiger charge is -2.15. The summed E-state index contributed by atoms with van der Waals surface area (Å²) in [6.45, 7) is 7.85. The lowest BCUT2D eigenvalue weighted by molar-refractivity contribution is -0.153. The molecule has 0 amide bonds. The number of hydrogen-bond donors (Lipinski definition) is 1. The highest BCUT2D eigenvalue weighted by Crippen LogP contribution is 2.34. The first kappa shape index (κ1) is 22.0. The molecule has 0 spiro atoms. The van der Waals surface area contributed by atoms with Crippen LogP contribution in [0.1, 0.15) is 5.69 Å². The Hall–Kier alpha value is -2.67. The molecule has 3 aromatic heterocycles. The number of aromatic nitrogens is 6. The van der Waals surface area contributed by atoms with E-state index in [0.717, 1.165) is 6.04 Å². The van der Waals surface area contributed by atoms with Crippen LogP contribution in [-0.4, -0.2) is 56.8 Å². The molecule has 0 radical (unpaired) electrons. The van der Waals surface area contributed by atoms with E-state index in [9.17, 15) is 13.2 Å². The number of nitrogens with two attached hydrogens (primary N) is 1. The van der Waals surface area contributed by atoms with E-state index in [1.54, 1.807) is 17.8 Å². The smallest absolute Gasteiger partial charge is 0.422 e. The van der Waals surface area contributed by atoms with Gasteiger partial charge in [0.15, 0.2) is 12.4 Å². The minimum Gasteiger partial charge on any atom is -0.478 e. The number of nitrogens with zero attached hydrogens (tertiary/aromatic N) is 6. The van der Waals surface area contributed by atoms with Crippen LogP contribution in [0.15, 0.2) is 12.5 Å². The van der Waals surface area contributed by atoms with E-state index < -0.39 is 20.9 Å². The zero-order valence-corrected chi connectivity index (χ0v) is 18.2. The van der Waals surface area contributed by atoms with E-state index in [-0.39, 0.29) is 29.8 Å². The number of halogens is 3. The number of aryl methyl sites for hydroxylation is 1. The molecule has 0 aliphatic rings. The third-order valence-corrected chi connectivity index (χ3v) is 5.87. The molecule has 2 N–H and O–H groups in total. The molecule has 0 unspecified atom stereocenters. The Morgan fingerprint density at radius 3 is 2.60 bits per heavy atom. The number of ether oxygens (including phenoxy) is 2. The Kier molecular flexibility index (Phi) is 6.03. The molecule has 0 fully saturated rings. The molecular formula is C17H24F3N7O2Si. The van der Waals surface area contributed by atoms with Gasteiger partial charge in [-0.1, -0.05) is 19.6 Å². The third-order valence-electron chi connectivity index (χ3n) is 4.16. The first-order valence-corrected chi connectivity index (χ1v) is 13.0. The zero-order chi connectivity index (χ0) is 22.1. The Morgan fingerprint density at radius 2 is 1.93 bits per heavy atom. The molecule has 0 atom stereocenters. The summed E-state index contributed by atoms with van der Waals surface area (Å²) < 4.78 is 51.8. The number of alkyl halides is 3. The zero-order valence-electron chi connectivity index (χ0n) is 17.2. The van der Waals surface area contributed by atoms with Gasteiger partial charge < -0.3 is 15.2 Å². The molecule has 3 rings (SSSR count). The van der Waals surface area contributed by atoms with Gasteiger partial charge in [-0.3, -0.25) is 0 Å². The van der Waals surface area contributed by atoms with E-state index in [1.807, 2.05) is 0 Å². The molecule has 3 heterocycles. The molecule has 0 aliphatic heterocycles. The van der Waals surface area contributed by atoms with Gasteiger partial charge in [0, 0.05) is 26.4 Å². The molecule has 0 aromatic carbocycles. The normalized spacial score (nSPS) is 12.6. The van der Waals surface area contributed by atoms with Crippen LogP contribution in [0, 0.1) is 6.92 Å². The fraction of sp³-hybridized carbons (Fsp3) is 0.529. The van der Waals surface area contributed by atoms with Crippen LogP contribution in [0.4, 0.5) is 19.1 Å². The van der Waals surface area contributed by atoms with Crippen LogP contribution in [0.2, 0.25) is 25.7 Å². The van der Waals surface area contributed by atoms with Crippen molar-refractivity contribution in [2.75, 3.05) is 18.9 Å². The lowest BCUT2D eigenvalue weighted by Crippen LogP contribution is -2.22. The van der Waals surface area contributed by atoms with Gasteiger partial charge in [-0.15, -0.1) is 5.10 Å². The Bertz CT molecular complexity index is 1030. The van der Waals surface area contributed by atoms with Crippen LogP contribution in [-0.2, 0) is 11.5 Å². The average Bonchev–Trinajstić information content (AvgIpc) is 3.16. The summed E-state index contributed by atoms with van der Waals surface area (Å²) >= 11 is 0. The van der Waals surface area contributed by atoms with Crippen molar-refractivity contribution in [3.05, 3.63) is 18.2 Å². The minimum atomic E-state index is -4.53. The molecule has 0 bridgehead atoms. The highest BCUT2D eigenvalue weighted by atomic mass is 28.3. The van der Waals surface area contributed by atoms with Gasteiger partial charge in [0.05, 0.1) is 5.69 Å². The van der Waals surface area contributed by atoms with Crippen LogP contribution < -0.4 is 10.5 Å². The highest BCUT2D eigenvalue weighted by Gasteiger charge is 2.30. The maximum absolute atomic E-state index is 12.8. The van der Waals surface area contributed by atoms with Crippen molar-refractivity contribution in [3.8, 4) is 17.0 Å². The summed E-state index contributed by atoms with van der Waals surface area (Å²) in [5.74, 6) is -0.268. The quantitative estimate of drug-likeness (QED) is 0.421. The van der Waals surface area contributed by atoms with Crippen LogP contribution in [0.3, 0.4) is 0 Å². The van der Waals surface area contributed by atoms with Crippen molar-refractivity contribution in [2.45, 2.75) is 45.5 Å². The first-order chi connectivity index (χ1) is 13.9. The van der Waals surface area contributed by atoms with Crippen molar-refractivity contribution in [3.63, 3.8) is 0 Å². The summed E-state index contributed by atoms with van der Waals surface area (Å²) in [5, 5.41) is 8.25. The predicted octanol–water partition coefficient (Wildman–Crippen LogP) is 3.13. The second kappa shape index (κ2) is 8.22. The minimum absolute atomic E-state index is 0.0419. The average molecular weight is 444 g/mol. The number of rotatable bonds is 8. The van der Waals surface area contributed by atoms with Gasteiger partial charge in [-0.05, 0) is 13.0 Å². The monoisotopic (exact) mass is 443 g/mol. The SMILES string of the molecule is Cc1nn(COCC[Si](C)(C)C)cc1-c1ncn2nc(N)nc2c1OCC(F)(F)F. The standard InChI is InChI=1S/C17H24F3N7O2Si/c1-11-12(7-26(24-11)10-28-5-6-30(2,3)4)13-14(29-8-17(18,19)20)15-23-16(21)25-27(15)9-22-13/h7,9H,5-6,8,10H2,1-4H3,(H2,21,25). The second-order valence-electron chi connectivity index (χ2n) is 8.08. The fourth-order valence-electron chi connectivity index (χ4n) is 2.68. The summed E-state index contributed by atoms with van der Waals surface area (Å²) in [6.07, 6.45) is -1.56. The van der Waals surface area contributed by atoms with Crippen LogP contribution >= 0.6 is 0 Å². The Labute approximate surface area is 172 Å². The van der Waals surface area contributed by atoms with E-state index >= 15 is 0 Å². The summed E-state index contributed by atoms with van der Waals surface area (Å²) in [5.41, 5.74) is 6.86. The number of nitrogen functional groups attached to an aromatic ring is 1. The number of anilines is 1. The summed E-state index contributed by atoms with van der Waals surface area (Å²) in [6, 6.07) is 1.02. The van der Waals surface area contributed by atoms with Crippen molar-refractivity contribution >= 4 is 19.7 Å². The fourth-order valence-corrected chi connectivity index (χ4v) is 3.44. The van der Waals surface area contributed by atoms with Gasteiger partial charge in [0.2, 0.25) is 11.6 Å². The van der Waals surface area contributed by atoms with Gasteiger partial charge in [-0.2, -0.15) is 27.8 Å². The van der Waals surface area contributed by atoms with Crippen molar-refractivity contribution in [1.29, 1.82) is 0 Å². The molecule has 3 aromatic rings. The van der Waals surface area contributed by atoms with E-state index in [2.05, 4.69) is 39.8 Å². The highest BCUT2D eigenvalue weighted by molar-refractivity contribution is 6.76. The molecule has 164 valence electrons. The number of fused-ring (bicyclic) bond motifs is 1. The molecular weight excluding hydrogens is 419 g/mol. The van der Waals surface area contributed by atoms with Crippen molar-refractivity contribution in [2.24, 2.45) is 0 Å².